The lowest BCUT2D eigenvalue weighted by Crippen LogP contribution is -2.41. The van der Waals surface area contributed by atoms with Crippen LogP contribution in [-0.2, 0) is 4.79 Å². The molecule has 0 saturated heterocycles. The van der Waals surface area contributed by atoms with Crippen LogP contribution in [0.1, 0.15) is 31.3 Å². The minimum Gasteiger partial charge on any atom is -0.451 e. The van der Waals surface area contributed by atoms with Crippen molar-refractivity contribution in [2.24, 2.45) is 5.41 Å². The molecule has 0 unspecified atom stereocenters. The van der Waals surface area contributed by atoms with E-state index < -0.39 is 5.41 Å². The maximum Gasteiger partial charge on any atom is 0.291 e. The predicted molar refractivity (Wildman–Crippen MR) is 114 cm³/mol. The Hall–Kier alpha value is -3.19. The van der Waals surface area contributed by atoms with E-state index in [1.54, 1.807) is 51.1 Å². The lowest BCUT2D eigenvalue weighted by molar-refractivity contribution is -0.126. The van der Waals surface area contributed by atoms with E-state index >= 15 is 0 Å². The highest BCUT2D eigenvalue weighted by Gasteiger charge is 2.22. The van der Waals surface area contributed by atoms with Crippen LogP contribution in [0.25, 0.3) is 11.0 Å². The number of furan rings is 1. The summed E-state index contributed by atoms with van der Waals surface area (Å²) in [5.41, 5.74) is 1.32. The van der Waals surface area contributed by atoms with E-state index in [-0.39, 0.29) is 22.7 Å². The summed E-state index contributed by atoms with van der Waals surface area (Å²) in [5.74, 6) is -0.302. The lowest BCUT2D eigenvalue weighted by atomic mass is 9.96. The van der Waals surface area contributed by atoms with Crippen molar-refractivity contribution in [2.75, 3.05) is 10.6 Å². The molecule has 3 aromatic rings. The molecule has 3 rings (SSSR count). The molecule has 6 nitrogen and oxygen atoms in total. The number of carbonyl (C=O) groups is 2. The average Bonchev–Trinajstić information content (AvgIpc) is 3.05. The van der Waals surface area contributed by atoms with Gasteiger partial charge in [-0.15, -0.1) is 0 Å². The zero-order valence-electron chi connectivity index (χ0n) is 15.8. The van der Waals surface area contributed by atoms with Crippen LogP contribution in [0.5, 0.6) is 0 Å². The Morgan fingerprint density at radius 2 is 1.61 bits per heavy atom. The molecule has 2 amide bonds. The van der Waals surface area contributed by atoms with E-state index in [0.29, 0.717) is 17.0 Å². The number of thiocarbonyl (C=S) groups is 1. The molecule has 0 spiro atoms. The van der Waals surface area contributed by atoms with Gasteiger partial charge in [0, 0.05) is 22.2 Å². The molecule has 28 heavy (non-hydrogen) atoms. The van der Waals surface area contributed by atoms with Crippen LogP contribution in [-0.4, -0.2) is 16.9 Å². The van der Waals surface area contributed by atoms with E-state index in [1.165, 1.54) is 0 Å². The molecule has 3 N–H and O–H groups in total. The van der Waals surface area contributed by atoms with Crippen molar-refractivity contribution in [1.82, 2.24) is 5.32 Å². The van der Waals surface area contributed by atoms with Gasteiger partial charge in [-0.1, -0.05) is 45.0 Å². The molecule has 0 fully saturated rings. The van der Waals surface area contributed by atoms with Gasteiger partial charge in [-0.3, -0.25) is 9.59 Å². The first kappa shape index (κ1) is 19.6. The van der Waals surface area contributed by atoms with Crippen LogP contribution in [0.4, 0.5) is 11.4 Å². The maximum absolute atomic E-state index is 12.5. The SMILES string of the molecule is CC(C)(C)C(=O)NC(=S)Nc1cccc(NC(=O)c2cc3ccccc3o2)c1. The van der Waals surface area contributed by atoms with Crippen molar-refractivity contribution in [3.63, 3.8) is 0 Å². The Morgan fingerprint density at radius 3 is 2.29 bits per heavy atom. The molecule has 2 aromatic carbocycles. The molecular formula is C21H21N3O3S. The van der Waals surface area contributed by atoms with Gasteiger partial charge >= 0.3 is 0 Å². The standard InChI is InChI=1S/C21H21N3O3S/c1-21(2,3)19(26)24-20(28)23-15-9-6-8-14(12-15)22-18(25)17-11-13-7-4-5-10-16(13)27-17/h4-12H,1-3H3,(H,22,25)(H2,23,24,26,28). The number of carbonyl (C=O) groups excluding carboxylic acids is 2. The molecule has 0 saturated carbocycles. The molecule has 0 aliphatic heterocycles. The number of hydrogen-bond donors (Lipinski definition) is 3. The quantitative estimate of drug-likeness (QED) is 0.567. The second-order valence-electron chi connectivity index (χ2n) is 7.34. The van der Waals surface area contributed by atoms with Crippen molar-refractivity contribution in [3.8, 4) is 0 Å². The molecule has 1 heterocycles. The van der Waals surface area contributed by atoms with Crippen LogP contribution in [0, 0.1) is 5.41 Å². The van der Waals surface area contributed by atoms with Gasteiger partial charge in [-0.25, -0.2) is 0 Å². The van der Waals surface area contributed by atoms with Gasteiger partial charge < -0.3 is 20.4 Å². The molecule has 1 aromatic heterocycles. The normalized spacial score (nSPS) is 11.1. The van der Waals surface area contributed by atoms with Crippen molar-refractivity contribution < 1.29 is 14.0 Å². The highest BCUT2D eigenvalue weighted by atomic mass is 32.1. The van der Waals surface area contributed by atoms with E-state index in [9.17, 15) is 9.59 Å². The van der Waals surface area contributed by atoms with E-state index in [0.717, 1.165) is 5.39 Å². The zero-order chi connectivity index (χ0) is 20.3. The number of amides is 2. The first-order valence-corrected chi connectivity index (χ1v) is 9.15. The molecule has 0 aliphatic rings. The van der Waals surface area contributed by atoms with Crippen molar-refractivity contribution in [2.45, 2.75) is 20.8 Å². The Bertz CT molecular complexity index is 1020. The minimum atomic E-state index is -0.547. The van der Waals surface area contributed by atoms with Crippen LogP contribution < -0.4 is 16.0 Å². The zero-order valence-corrected chi connectivity index (χ0v) is 16.6. The van der Waals surface area contributed by atoms with Gasteiger partial charge in [0.2, 0.25) is 5.91 Å². The van der Waals surface area contributed by atoms with E-state index in [1.807, 2.05) is 24.3 Å². The van der Waals surface area contributed by atoms with Crippen LogP contribution in [0.15, 0.2) is 59.0 Å². The fourth-order valence-electron chi connectivity index (χ4n) is 2.41. The number of benzene rings is 2. The second kappa shape index (κ2) is 7.82. The molecule has 0 atom stereocenters. The van der Waals surface area contributed by atoms with Crippen molar-refractivity contribution in [3.05, 3.63) is 60.4 Å². The highest BCUT2D eigenvalue weighted by molar-refractivity contribution is 7.80. The third kappa shape index (κ3) is 4.75. The molecule has 0 aliphatic carbocycles. The Kier molecular flexibility index (Phi) is 5.46. The van der Waals surface area contributed by atoms with Crippen LogP contribution in [0.3, 0.4) is 0 Å². The summed E-state index contributed by atoms with van der Waals surface area (Å²) >= 11 is 5.18. The summed E-state index contributed by atoms with van der Waals surface area (Å²) in [5, 5.41) is 9.45. The minimum absolute atomic E-state index is 0.181. The lowest BCUT2D eigenvalue weighted by Gasteiger charge is -2.18. The number of para-hydroxylation sites is 1. The summed E-state index contributed by atoms with van der Waals surface area (Å²) in [7, 11) is 0. The fraction of sp³-hybridized carbons (Fsp3) is 0.190. The van der Waals surface area contributed by atoms with E-state index in [2.05, 4.69) is 16.0 Å². The fourth-order valence-corrected chi connectivity index (χ4v) is 2.62. The van der Waals surface area contributed by atoms with Gasteiger partial charge in [-0.05, 0) is 42.5 Å². The largest absolute Gasteiger partial charge is 0.451 e. The Labute approximate surface area is 168 Å². The molecule has 0 radical (unpaired) electrons. The molecular weight excluding hydrogens is 374 g/mol. The van der Waals surface area contributed by atoms with E-state index in [4.69, 9.17) is 16.6 Å². The number of fused-ring (bicyclic) bond motifs is 1. The van der Waals surface area contributed by atoms with Crippen LogP contribution in [0.2, 0.25) is 0 Å². The van der Waals surface area contributed by atoms with Gasteiger partial charge in [0.05, 0.1) is 0 Å². The summed E-state index contributed by atoms with van der Waals surface area (Å²) < 4.78 is 5.58. The van der Waals surface area contributed by atoms with Crippen LogP contribution >= 0.6 is 12.2 Å². The number of hydrogen-bond acceptors (Lipinski definition) is 4. The summed E-state index contributed by atoms with van der Waals surface area (Å²) in [6, 6.07) is 16.1. The smallest absolute Gasteiger partial charge is 0.291 e. The van der Waals surface area contributed by atoms with Gasteiger partial charge in [0.25, 0.3) is 5.91 Å². The van der Waals surface area contributed by atoms with Gasteiger partial charge in [-0.2, -0.15) is 0 Å². The third-order valence-corrected chi connectivity index (χ3v) is 4.14. The second-order valence-corrected chi connectivity index (χ2v) is 7.75. The molecule has 7 heteroatoms. The summed E-state index contributed by atoms with van der Waals surface area (Å²) in [4.78, 5) is 24.5. The van der Waals surface area contributed by atoms with Crippen molar-refractivity contribution in [1.29, 1.82) is 0 Å². The third-order valence-electron chi connectivity index (χ3n) is 3.94. The Balaban J connectivity index is 1.66. The van der Waals surface area contributed by atoms with Gasteiger partial charge in [0.15, 0.2) is 10.9 Å². The maximum atomic E-state index is 12.5. The predicted octanol–water partition coefficient (Wildman–Crippen LogP) is 4.54. The molecule has 144 valence electrons. The first-order chi connectivity index (χ1) is 13.2. The summed E-state index contributed by atoms with van der Waals surface area (Å²) in [6.07, 6.45) is 0. The molecule has 0 bridgehead atoms. The number of nitrogens with one attached hydrogen (secondary N) is 3. The van der Waals surface area contributed by atoms with Crippen molar-refractivity contribution >= 4 is 51.5 Å². The summed E-state index contributed by atoms with van der Waals surface area (Å²) in [6.45, 7) is 5.41. The number of anilines is 2. The topological polar surface area (TPSA) is 83.4 Å². The highest BCUT2D eigenvalue weighted by Crippen LogP contribution is 2.21. The average molecular weight is 395 g/mol. The van der Waals surface area contributed by atoms with Gasteiger partial charge in [0.1, 0.15) is 5.58 Å². The Morgan fingerprint density at radius 1 is 0.929 bits per heavy atom. The number of rotatable bonds is 3. The monoisotopic (exact) mass is 395 g/mol. The first-order valence-electron chi connectivity index (χ1n) is 8.75.